The number of amides is 1. The maximum absolute atomic E-state index is 12.2. The molecule has 2 aromatic heterocycles. The van der Waals surface area contributed by atoms with Gasteiger partial charge >= 0.3 is 0 Å². The number of aryl methyl sites for hydroxylation is 1. The number of rotatable bonds is 5. The van der Waals surface area contributed by atoms with E-state index in [9.17, 15) is 4.79 Å². The van der Waals surface area contributed by atoms with E-state index in [0.717, 1.165) is 11.3 Å². The fraction of sp³-hybridized carbons (Fsp3) is 0.235. The van der Waals surface area contributed by atoms with E-state index in [0.29, 0.717) is 11.3 Å². The maximum Gasteiger partial charge on any atom is 0.229 e. The van der Waals surface area contributed by atoms with Crippen LogP contribution < -0.4 is 5.32 Å². The van der Waals surface area contributed by atoms with Crippen molar-refractivity contribution in [3.8, 4) is 5.69 Å². The highest BCUT2D eigenvalue weighted by molar-refractivity contribution is 6.29. The van der Waals surface area contributed by atoms with Crippen LogP contribution in [0.3, 0.4) is 0 Å². The molecule has 2 heterocycles. The van der Waals surface area contributed by atoms with Gasteiger partial charge in [0, 0.05) is 23.6 Å². The zero-order valence-corrected chi connectivity index (χ0v) is 14.1. The molecule has 1 N–H and O–H groups in total. The van der Waals surface area contributed by atoms with E-state index in [4.69, 9.17) is 16.1 Å². The van der Waals surface area contributed by atoms with Gasteiger partial charge in [0.05, 0.1) is 24.5 Å². The molecule has 3 aromatic rings. The number of aromatic nitrogens is 3. The lowest BCUT2D eigenvalue weighted by Gasteiger charge is -2.15. The molecule has 7 heteroatoms. The van der Waals surface area contributed by atoms with Crippen molar-refractivity contribution < 1.29 is 9.32 Å². The number of benzene rings is 1. The largest absolute Gasteiger partial charge is 0.349 e. The first-order valence-corrected chi connectivity index (χ1v) is 7.90. The number of hydrogen-bond donors (Lipinski definition) is 1. The Hall–Kier alpha value is -2.60. The second-order valence-electron chi connectivity index (χ2n) is 5.55. The standard InChI is InChI=1S/C17H17ClN4O2/c1-11(20-16(23)9-15-12(2)21-24-17(15)18)13-3-5-14(6-4-13)22-8-7-19-10-22/h3-8,10-11H,9H2,1-2H3,(H,20,23). The summed E-state index contributed by atoms with van der Waals surface area (Å²) in [5.41, 5.74) is 3.28. The molecule has 0 fully saturated rings. The number of nitrogens with one attached hydrogen (secondary N) is 1. The van der Waals surface area contributed by atoms with E-state index in [1.165, 1.54) is 0 Å². The molecule has 1 amide bonds. The number of hydrogen-bond acceptors (Lipinski definition) is 4. The first-order chi connectivity index (χ1) is 11.5. The second-order valence-corrected chi connectivity index (χ2v) is 5.89. The molecule has 24 heavy (non-hydrogen) atoms. The van der Waals surface area contributed by atoms with Crippen LogP contribution in [0.1, 0.15) is 29.8 Å². The van der Waals surface area contributed by atoms with E-state index in [2.05, 4.69) is 15.5 Å². The molecule has 6 nitrogen and oxygen atoms in total. The Morgan fingerprint density at radius 1 is 1.38 bits per heavy atom. The fourth-order valence-electron chi connectivity index (χ4n) is 2.44. The third-order valence-corrected chi connectivity index (χ3v) is 4.14. The Morgan fingerprint density at radius 2 is 2.12 bits per heavy atom. The molecule has 0 spiro atoms. The van der Waals surface area contributed by atoms with Gasteiger partial charge in [-0.05, 0) is 43.1 Å². The summed E-state index contributed by atoms with van der Waals surface area (Å²) < 4.78 is 6.78. The molecule has 3 rings (SSSR count). The van der Waals surface area contributed by atoms with Gasteiger partial charge < -0.3 is 14.4 Å². The van der Waals surface area contributed by atoms with E-state index in [-0.39, 0.29) is 23.6 Å². The third-order valence-electron chi connectivity index (χ3n) is 3.85. The average Bonchev–Trinajstić information content (AvgIpc) is 3.21. The first-order valence-electron chi connectivity index (χ1n) is 7.53. The summed E-state index contributed by atoms with van der Waals surface area (Å²) in [6.45, 7) is 3.70. The molecular weight excluding hydrogens is 328 g/mol. The van der Waals surface area contributed by atoms with Gasteiger partial charge in [-0.2, -0.15) is 0 Å². The number of halogens is 1. The van der Waals surface area contributed by atoms with Gasteiger partial charge in [0.1, 0.15) is 0 Å². The highest BCUT2D eigenvalue weighted by atomic mass is 35.5. The van der Waals surface area contributed by atoms with Gasteiger partial charge in [-0.25, -0.2) is 4.98 Å². The number of carbonyl (C=O) groups excluding carboxylic acids is 1. The van der Waals surface area contributed by atoms with E-state index in [1.807, 2.05) is 42.0 Å². The van der Waals surface area contributed by atoms with Gasteiger partial charge in [0.25, 0.3) is 0 Å². The van der Waals surface area contributed by atoms with Gasteiger partial charge in [0.2, 0.25) is 11.1 Å². The number of carbonyl (C=O) groups is 1. The molecule has 0 aliphatic rings. The molecule has 1 unspecified atom stereocenters. The average molecular weight is 345 g/mol. The predicted molar refractivity (Wildman–Crippen MR) is 90.1 cm³/mol. The summed E-state index contributed by atoms with van der Waals surface area (Å²) in [5.74, 6) is -0.130. The summed E-state index contributed by atoms with van der Waals surface area (Å²) in [7, 11) is 0. The van der Waals surface area contributed by atoms with Crippen LogP contribution in [0.15, 0.2) is 47.5 Å². The molecule has 0 saturated heterocycles. The molecule has 0 aliphatic heterocycles. The second kappa shape index (κ2) is 6.88. The monoisotopic (exact) mass is 344 g/mol. The lowest BCUT2D eigenvalue weighted by molar-refractivity contribution is -0.121. The van der Waals surface area contributed by atoms with Crippen molar-refractivity contribution in [3.63, 3.8) is 0 Å². The van der Waals surface area contributed by atoms with Crippen LogP contribution in [0, 0.1) is 6.92 Å². The van der Waals surface area contributed by atoms with Gasteiger partial charge in [0.15, 0.2) is 0 Å². The van der Waals surface area contributed by atoms with E-state index in [1.54, 1.807) is 19.4 Å². The quantitative estimate of drug-likeness (QED) is 0.771. The minimum Gasteiger partial charge on any atom is -0.349 e. The van der Waals surface area contributed by atoms with Crippen molar-refractivity contribution >= 4 is 17.5 Å². The first kappa shape index (κ1) is 16.3. The molecular formula is C17H17ClN4O2. The molecule has 124 valence electrons. The van der Waals surface area contributed by atoms with Crippen molar-refractivity contribution in [2.75, 3.05) is 0 Å². The van der Waals surface area contributed by atoms with E-state index < -0.39 is 0 Å². The van der Waals surface area contributed by atoms with Crippen LogP contribution in [0.25, 0.3) is 5.69 Å². The zero-order valence-electron chi connectivity index (χ0n) is 13.4. The highest BCUT2D eigenvalue weighted by Crippen LogP contribution is 2.20. The Kier molecular flexibility index (Phi) is 4.66. The van der Waals surface area contributed by atoms with Crippen LogP contribution in [-0.2, 0) is 11.2 Å². The summed E-state index contributed by atoms with van der Waals surface area (Å²) >= 11 is 5.89. The Bertz CT molecular complexity index is 805. The van der Waals surface area contributed by atoms with Crippen molar-refractivity contribution in [2.45, 2.75) is 26.3 Å². The summed E-state index contributed by atoms with van der Waals surface area (Å²) in [6, 6.07) is 7.82. The van der Waals surface area contributed by atoms with Crippen molar-refractivity contribution in [1.82, 2.24) is 20.0 Å². The zero-order chi connectivity index (χ0) is 17.1. The van der Waals surface area contributed by atoms with Crippen LogP contribution in [0.5, 0.6) is 0 Å². The SMILES string of the molecule is Cc1noc(Cl)c1CC(=O)NC(C)c1ccc(-n2ccnc2)cc1. The van der Waals surface area contributed by atoms with Crippen molar-refractivity contribution in [3.05, 3.63) is 65.0 Å². The molecule has 0 bridgehead atoms. The molecule has 0 saturated carbocycles. The van der Waals surface area contributed by atoms with Crippen molar-refractivity contribution in [2.24, 2.45) is 0 Å². The minimum atomic E-state index is -0.130. The Balaban J connectivity index is 1.64. The van der Waals surface area contributed by atoms with Gasteiger partial charge in [-0.1, -0.05) is 17.3 Å². The number of imidazole rings is 1. The van der Waals surface area contributed by atoms with Crippen LogP contribution >= 0.6 is 11.6 Å². The van der Waals surface area contributed by atoms with Gasteiger partial charge in [-0.3, -0.25) is 4.79 Å². The van der Waals surface area contributed by atoms with Gasteiger partial charge in [-0.15, -0.1) is 0 Å². The topological polar surface area (TPSA) is 73.0 Å². The molecule has 1 atom stereocenters. The smallest absolute Gasteiger partial charge is 0.229 e. The normalized spacial score (nSPS) is 12.1. The molecule has 0 aliphatic carbocycles. The van der Waals surface area contributed by atoms with Crippen LogP contribution in [0.2, 0.25) is 5.22 Å². The molecule has 0 radical (unpaired) electrons. The summed E-state index contributed by atoms with van der Waals surface area (Å²) in [6.07, 6.45) is 5.50. The molecule has 1 aromatic carbocycles. The summed E-state index contributed by atoms with van der Waals surface area (Å²) in [4.78, 5) is 16.2. The lowest BCUT2D eigenvalue weighted by atomic mass is 10.1. The fourth-order valence-corrected chi connectivity index (χ4v) is 2.68. The van der Waals surface area contributed by atoms with Crippen LogP contribution in [0.4, 0.5) is 0 Å². The highest BCUT2D eigenvalue weighted by Gasteiger charge is 2.16. The Labute approximate surface area is 144 Å². The summed E-state index contributed by atoms with van der Waals surface area (Å²) in [5, 5.41) is 6.87. The van der Waals surface area contributed by atoms with Crippen molar-refractivity contribution in [1.29, 1.82) is 0 Å². The predicted octanol–water partition coefficient (Wildman–Crippen LogP) is 3.24. The van der Waals surface area contributed by atoms with E-state index >= 15 is 0 Å². The third kappa shape index (κ3) is 3.49. The Morgan fingerprint density at radius 3 is 2.71 bits per heavy atom. The minimum absolute atomic E-state index is 0.117. The van der Waals surface area contributed by atoms with Crippen LogP contribution in [-0.4, -0.2) is 20.6 Å². The lowest BCUT2D eigenvalue weighted by Crippen LogP contribution is -2.28. The number of nitrogens with zero attached hydrogens (tertiary/aromatic N) is 3. The maximum atomic E-state index is 12.2.